The van der Waals surface area contributed by atoms with Crippen LogP contribution in [0.15, 0.2) is 30.6 Å². The van der Waals surface area contributed by atoms with Crippen LogP contribution in [0.5, 0.6) is 0 Å². The third kappa shape index (κ3) is 4.35. The molecule has 3 rings (SSSR count). The number of pyridine rings is 1. The van der Waals surface area contributed by atoms with Crippen molar-refractivity contribution in [1.29, 1.82) is 0 Å². The number of carbonyl (C=O) groups excluding carboxylic acids is 1. The Morgan fingerprint density at radius 1 is 1.27 bits per heavy atom. The highest BCUT2D eigenvalue weighted by Crippen LogP contribution is 2.22. The largest absolute Gasteiger partial charge is 0.367 e. The lowest BCUT2D eigenvalue weighted by Crippen LogP contribution is -2.33. The van der Waals surface area contributed by atoms with Gasteiger partial charge in [-0.2, -0.15) is 0 Å². The Hall–Kier alpha value is -2.54. The number of rotatable bonds is 4. The average Bonchev–Trinajstić information content (AvgIpc) is 3.02. The van der Waals surface area contributed by atoms with Crippen LogP contribution in [0.3, 0.4) is 0 Å². The molecule has 26 heavy (non-hydrogen) atoms. The van der Waals surface area contributed by atoms with Crippen molar-refractivity contribution in [1.82, 2.24) is 20.0 Å². The lowest BCUT2D eigenvalue weighted by molar-refractivity contribution is -0.195. The predicted octanol–water partition coefficient (Wildman–Crippen LogP) is 2.84. The maximum absolute atomic E-state index is 12.0. The van der Waals surface area contributed by atoms with Gasteiger partial charge in [0.05, 0.1) is 17.7 Å². The number of hydrogen-bond acceptors (Lipinski definition) is 7. The molecule has 7 nitrogen and oxygen atoms in total. The highest BCUT2D eigenvalue weighted by atomic mass is 16.7. The van der Waals surface area contributed by atoms with Gasteiger partial charge in [0.25, 0.3) is 0 Å². The molecule has 0 spiro atoms. The minimum Gasteiger partial charge on any atom is -0.367 e. The second-order valence-corrected chi connectivity index (χ2v) is 7.55. The Bertz CT molecular complexity index is 773. The van der Waals surface area contributed by atoms with Crippen molar-refractivity contribution in [2.24, 2.45) is 5.41 Å². The number of nitrogens with one attached hydrogen (secondary N) is 1. The summed E-state index contributed by atoms with van der Waals surface area (Å²) in [6.45, 7) is 8.87. The summed E-state index contributed by atoms with van der Waals surface area (Å²) < 4.78 is 0. The first-order valence-electron chi connectivity index (χ1n) is 8.82. The van der Waals surface area contributed by atoms with E-state index in [0.717, 1.165) is 23.5 Å². The van der Waals surface area contributed by atoms with Crippen LogP contribution >= 0.6 is 0 Å². The first-order valence-corrected chi connectivity index (χ1v) is 8.82. The first-order chi connectivity index (χ1) is 12.3. The molecule has 0 radical (unpaired) electrons. The minimum atomic E-state index is -0.500. The maximum atomic E-state index is 12.0. The van der Waals surface area contributed by atoms with Gasteiger partial charge in [0.1, 0.15) is 5.82 Å². The summed E-state index contributed by atoms with van der Waals surface area (Å²) in [5.41, 5.74) is 1.29. The zero-order chi connectivity index (χ0) is 18.7. The highest BCUT2D eigenvalue weighted by molar-refractivity contribution is 5.75. The third-order valence-corrected chi connectivity index (χ3v) is 4.22. The molecule has 1 saturated heterocycles. The summed E-state index contributed by atoms with van der Waals surface area (Å²) >= 11 is 0. The van der Waals surface area contributed by atoms with Gasteiger partial charge >= 0.3 is 5.97 Å². The van der Waals surface area contributed by atoms with Gasteiger partial charge in [0, 0.05) is 30.5 Å². The van der Waals surface area contributed by atoms with E-state index in [-0.39, 0.29) is 12.0 Å². The van der Waals surface area contributed by atoms with Gasteiger partial charge < -0.3 is 10.2 Å². The molecular formula is C19H25N5O2. The van der Waals surface area contributed by atoms with E-state index in [0.29, 0.717) is 18.9 Å². The van der Waals surface area contributed by atoms with E-state index in [2.05, 4.69) is 20.3 Å². The standard InChI is InChI=1S/C19H25N5O2/c1-13-15(17-20-9-5-10-21-17)6-7-16(22-13)23-14-8-11-24(12-14)26-18(25)19(2,3)4/h5-7,9-10,14H,8,11-12H2,1-4H3,(H,22,23). The number of hydroxylamine groups is 2. The van der Waals surface area contributed by atoms with E-state index >= 15 is 0 Å². The van der Waals surface area contributed by atoms with Crippen molar-refractivity contribution in [3.05, 3.63) is 36.3 Å². The van der Waals surface area contributed by atoms with Crippen LogP contribution < -0.4 is 5.32 Å². The fraction of sp³-hybridized carbons (Fsp3) is 0.474. The second kappa shape index (κ2) is 7.37. The molecule has 0 saturated carbocycles. The van der Waals surface area contributed by atoms with Crippen molar-refractivity contribution in [2.45, 2.75) is 40.2 Å². The zero-order valence-corrected chi connectivity index (χ0v) is 15.7. The van der Waals surface area contributed by atoms with Gasteiger partial charge in [0.15, 0.2) is 5.82 Å². The maximum Gasteiger partial charge on any atom is 0.330 e. The number of carbonyl (C=O) groups is 1. The molecule has 1 aliphatic heterocycles. The van der Waals surface area contributed by atoms with E-state index < -0.39 is 5.41 Å². The predicted molar refractivity (Wildman–Crippen MR) is 99.1 cm³/mol. The monoisotopic (exact) mass is 355 g/mol. The van der Waals surface area contributed by atoms with Gasteiger partial charge in [-0.3, -0.25) is 0 Å². The average molecular weight is 355 g/mol. The van der Waals surface area contributed by atoms with Crippen molar-refractivity contribution in [3.8, 4) is 11.4 Å². The second-order valence-electron chi connectivity index (χ2n) is 7.55. The summed E-state index contributed by atoms with van der Waals surface area (Å²) in [4.78, 5) is 30.6. The third-order valence-electron chi connectivity index (χ3n) is 4.22. The number of aromatic nitrogens is 3. The van der Waals surface area contributed by atoms with Crippen molar-refractivity contribution in [3.63, 3.8) is 0 Å². The SMILES string of the molecule is Cc1nc(NC2CCN(OC(=O)C(C)(C)C)C2)ccc1-c1ncccn1. The van der Waals surface area contributed by atoms with Crippen molar-refractivity contribution >= 4 is 11.8 Å². The number of hydrogen-bond donors (Lipinski definition) is 1. The van der Waals surface area contributed by atoms with Crippen molar-refractivity contribution in [2.75, 3.05) is 18.4 Å². The quantitative estimate of drug-likeness (QED) is 0.903. The Kier molecular flexibility index (Phi) is 5.18. The number of anilines is 1. The van der Waals surface area contributed by atoms with Gasteiger partial charge in [-0.25, -0.2) is 19.7 Å². The van der Waals surface area contributed by atoms with Gasteiger partial charge in [-0.05, 0) is 52.3 Å². The molecule has 7 heteroatoms. The van der Waals surface area contributed by atoms with Crippen molar-refractivity contribution < 1.29 is 9.63 Å². The summed E-state index contributed by atoms with van der Waals surface area (Å²) in [5.74, 6) is 1.26. The van der Waals surface area contributed by atoms with Crippen LogP contribution in [0, 0.1) is 12.3 Å². The van der Waals surface area contributed by atoms with Crippen LogP contribution in [-0.2, 0) is 9.63 Å². The number of nitrogens with zero attached hydrogens (tertiary/aromatic N) is 4. The topological polar surface area (TPSA) is 80.2 Å². The Morgan fingerprint density at radius 2 is 2.00 bits per heavy atom. The van der Waals surface area contributed by atoms with E-state index in [1.165, 1.54) is 0 Å². The molecule has 2 aromatic rings. The molecule has 1 atom stereocenters. The zero-order valence-electron chi connectivity index (χ0n) is 15.7. The highest BCUT2D eigenvalue weighted by Gasteiger charge is 2.30. The molecular weight excluding hydrogens is 330 g/mol. The minimum absolute atomic E-state index is 0.188. The van der Waals surface area contributed by atoms with Crippen LogP contribution in [0.2, 0.25) is 0 Å². The van der Waals surface area contributed by atoms with E-state index in [1.54, 1.807) is 23.5 Å². The van der Waals surface area contributed by atoms with Gasteiger partial charge in [-0.1, -0.05) is 0 Å². The molecule has 1 fully saturated rings. The fourth-order valence-electron chi connectivity index (χ4n) is 2.71. The number of aryl methyl sites for hydroxylation is 1. The molecule has 3 heterocycles. The molecule has 1 unspecified atom stereocenters. The summed E-state index contributed by atoms with van der Waals surface area (Å²) in [7, 11) is 0. The summed E-state index contributed by atoms with van der Waals surface area (Å²) in [6, 6.07) is 5.89. The normalized spacial score (nSPS) is 17.9. The molecule has 1 N–H and O–H groups in total. The molecule has 0 amide bonds. The fourth-order valence-corrected chi connectivity index (χ4v) is 2.71. The first kappa shape index (κ1) is 18.3. The lowest BCUT2D eigenvalue weighted by Gasteiger charge is -2.22. The molecule has 0 aliphatic carbocycles. The van der Waals surface area contributed by atoms with Crippen LogP contribution in [0.1, 0.15) is 32.9 Å². The lowest BCUT2D eigenvalue weighted by atomic mass is 9.98. The van der Waals surface area contributed by atoms with Crippen LogP contribution in [0.25, 0.3) is 11.4 Å². The molecule has 0 bridgehead atoms. The summed E-state index contributed by atoms with van der Waals surface area (Å²) in [5, 5.41) is 5.14. The van der Waals surface area contributed by atoms with E-state index in [1.807, 2.05) is 39.8 Å². The smallest absolute Gasteiger partial charge is 0.330 e. The Balaban J connectivity index is 1.60. The van der Waals surface area contributed by atoms with Gasteiger partial charge in [0.2, 0.25) is 0 Å². The van der Waals surface area contributed by atoms with E-state index in [9.17, 15) is 4.79 Å². The molecule has 0 aromatic carbocycles. The van der Waals surface area contributed by atoms with Crippen LogP contribution in [-0.4, -0.2) is 45.1 Å². The van der Waals surface area contributed by atoms with E-state index in [4.69, 9.17) is 4.84 Å². The Labute approximate surface area is 153 Å². The summed E-state index contributed by atoms with van der Waals surface area (Å²) in [6.07, 6.45) is 4.33. The molecule has 1 aliphatic rings. The molecule has 2 aromatic heterocycles. The van der Waals surface area contributed by atoms with Gasteiger partial charge in [-0.15, -0.1) is 5.06 Å². The molecule has 138 valence electrons. The van der Waals surface area contributed by atoms with Crippen LogP contribution in [0.4, 0.5) is 5.82 Å². The Morgan fingerprint density at radius 3 is 2.65 bits per heavy atom.